The topological polar surface area (TPSA) is 37.8 Å². The Bertz CT molecular complexity index is 767. The number of aromatic nitrogens is 2. The smallest absolute Gasteiger partial charge is 0.223 e. The van der Waals surface area contributed by atoms with Crippen LogP contribution in [0.5, 0.6) is 0 Å². The molecule has 0 bridgehead atoms. The maximum atomic E-state index is 4.54. The van der Waals surface area contributed by atoms with E-state index in [0.29, 0.717) is 11.9 Å². The van der Waals surface area contributed by atoms with E-state index in [4.69, 9.17) is 0 Å². The Labute approximate surface area is 117 Å². The molecule has 0 aliphatic heterocycles. The molecular formula is C17H15N3. The van der Waals surface area contributed by atoms with Crippen molar-refractivity contribution >= 4 is 16.9 Å². The second-order valence-corrected chi connectivity index (χ2v) is 5.23. The predicted molar refractivity (Wildman–Crippen MR) is 80.9 cm³/mol. The molecule has 3 nitrogen and oxygen atoms in total. The molecule has 1 unspecified atom stereocenters. The van der Waals surface area contributed by atoms with Gasteiger partial charge in [0.25, 0.3) is 0 Å². The number of hydrogen-bond acceptors (Lipinski definition) is 3. The highest BCUT2D eigenvalue weighted by Crippen LogP contribution is 2.34. The fourth-order valence-electron chi connectivity index (χ4n) is 2.82. The van der Waals surface area contributed by atoms with Crippen LogP contribution in [-0.2, 0) is 6.42 Å². The van der Waals surface area contributed by atoms with E-state index in [-0.39, 0.29) is 0 Å². The third kappa shape index (κ3) is 1.92. The normalized spacial score (nSPS) is 16.5. The summed E-state index contributed by atoms with van der Waals surface area (Å²) in [6, 6.07) is 16.7. The van der Waals surface area contributed by atoms with E-state index in [0.717, 1.165) is 23.9 Å². The van der Waals surface area contributed by atoms with Crippen LogP contribution in [-0.4, -0.2) is 16.5 Å². The molecule has 3 heteroatoms. The van der Waals surface area contributed by atoms with Gasteiger partial charge in [0, 0.05) is 24.0 Å². The van der Waals surface area contributed by atoms with Crippen LogP contribution in [0.15, 0.2) is 54.7 Å². The predicted octanol–water partition coefficient (Wildman–Crippen LogP) is 3.38. The monoisotopic (exact) mass is 261 g/mol. The van der Waals surface area contributed by atoms with Gasteiger partial charge in [0.1, 0.15) is 0 Å². The van der Waals surface area contributed by atoms with Gasteiger partial charge in [0.15, 0.2) is 0 Å². The molecule has 1 heterocycles. The van der Waals surface area contributed by atoms with Crippen molar-refractivity contribution in [2.75, 3.05) is 11.9 Å². The van der Waals surface area contributed by atoms with E-state index in [1.54, 1.807) is 0 Å². The maximum absolute atomic E-state index is 4.54. The van der Waals surface area contributed by atoms with E-state index < -0.39 is 0 Å². The fraction of sp³-hybridized carbons (Fsp3) is 0.176. The number of rotatable bonds is 3. The van der Waals surface area contributed by atoms with E-state index >= 15 is 0 Å². The quantitative estimate of drug-likeness (QED) is 0.785. The summed E-state index contributed by atoms with van der Waals surface area (Å²) in [6.07, 6.45) is 3.02. The Kier molecular flexibility index (Phi) is 2.62. The van der Waals surface area contributed by atoms with Gasteiger partial charge in [-0.1, -0.05) is 42.5 Å². The van der Waals surface area contributed by atoms with Crippen LogP contribution < -0.4 is 5.32 Å². The van der Waals surface area contributed by atoms with Crippen molar-refractivity contribution < 1.29 is 0 Å². The number of para-hydroxylation sites is 1. The first-order valence-electron chi connectivity index (χ1n) is 6.93. The summed E-state index contributed by atoms with van der Waals surface area (Å²) < 4.78 is 0. The number of fused-ring (bicyclic) bond motifs is 2. The van der Waals surface area contributed by atoms with Gasteiger partial charge >= 0.3 is 0 Å². The lowest BCUT2D eigenvalue weighted by molar-refractivity contribution is 0.633. The molecule has 3 aromatic rings. The first kappa shape index (κ1) is 11.4. The summed E-state index contributed by atoms with van der Waals surface area (Å²) in [7, 11) is 0. The third-order valence-corrected chi connectivity index (χ3v) is 3.96. The lowest BCUT2D eigenvalue weighted by atomic mass is 9.78. The molecule has 2 aromatic carbocycles. The zero-order valence-electron chi connectivity index (χ0n) is 11.1. The van der Waals surface area contributed by atoms with Crippen LogP contribution in [0.1, 0.15) is 17.0 Å². The summed E-state index contributed by atoms with van der Waals surface area (Å²) in [5.74, 6) is 1.30. The number of nitrogens with zero attached hydrogens (tertiary/aromatic N) is 2. The molecular weight excluding hydrogens is 246 g/mol. The molecule has 4 rings (SSSR count). The van der Waals surface area contributed by atoms with Crippen molar-refractivity contribution in [1.29, 1.82) is 0 Å². The first-order chi connectivity index (χ1) is 9.90. The summed E-state index contributed by atoms with van der Waals surface area (Å²) in [4.78, 5) is 8.91. The molecule has 1 aromatic heterocycles. The molecule has 1 atom stereocenters. The van der Waals surface area contributed by atoms with Gasteiger partial charge < -0.3 is 5.32 Å². The summed E-state index contributed by atoms with van der Waals surface area (Å²) >= 11 is 0. The minimum atomic E-state index is 0.585. The van der Waals surface area contributed by atoms with Crippen molar-refractivity contribution in [3.63, 3.8) is 0 Å². The Morgan fingerprint density at radius 1 is 1.05 bits per heavy atom. The molecule has 98 valence electrons. The van der Waals surface area contributed by atoms with Crippen molar-refractivity contribution in [1.82, 2.24) is 9.97 Å². The molecule has 20 heavy (non-hydrogen) atoms. The SMILES string of the molecule is c1ccc2c(c1)CC2CNc1ncc2ccccc2n1. The summed E-state index contributed by atoms with van der Waals surface area (Å²) in [5.41, 5.74) is 3.92. The second kappa shape index (κ2) is 4.60. The van der Waals surface area contributed by atoms with Crippen molar-refractivity contribution in [2.45, 2.75) is 12.3 Å². The lowest BCUT2D eigenvalue weighted by Gasteiger charge is -2.30. The van der Waals surface area contributed by atoms with Gasteiger partial charge in [0.05, 0.1) is 5.52 Å². The highest BCUT2D eigenvalue weighted by atomic mass is 15.1. The highest BCUT2D eigenvalue weighted by Gasteiger charge is 2.24. The Morgan fingerprint density at radius 3 is 2.85 bits per heavy atom. The van der Waals surface area contributed by atoms with E-state index in [1.165, 1.54) is 11.1 Å². The van der Waals surface area contributed by atoms with Crippen molar-refractivity contribution in [2.24, 2.45) is 0 Å². The van der Waals surface area contributed by atoms with Crippen LogP contribution >= 0.6 is 0 Å². The van der Waals surface area contributed by atoms with Gasteiger partial charge in [-0.3, -0.25) is 0 Å². The average Bonchev–Trinajstić information content (AvgIpc) is 2.48. The molecule has 0 amide bonds. The first-order valence-corrected chi connectivity index (χ1v) is 6.93. The molecule has 0 saturated heterocycles. The van der Waals surface area contributed by atoms with Crippen LogP contribution in [0.2, 0.25) is 0 Å². The minimum Gasteiger partial charge on any atom is -0.354 e. The van der Waals surface area contributed by atoms with Crippen molar-refractivity contribution in [3.8, 4) is 0 Å². The third-order valence-electron chi connectivity index (χ3n) is 3.96. The fourth-order valence-corrected chi connectivity index (χ4v) is 2.82. The molecule has 0 fully saturated rings. The molecule has 0 saturated carbocycles. The van der Waals surface area contributed by atoms with Gasteiger partial charge in [-0.2, -0.15) is 0 Å². The number of anilines is 1. The molecule has 0 radical (unpaired) electrons. The second-order valence-electron chi connectivity index (χ2n) is 5.23. The standard InChI is InChI=1S/C17H15N3/c1-3-7-15-12(5-1)9-14(15)11-19-17-18-10-13-6-2-4-8-16(13)20-17/h1-8,10,14H,9,11H2,(H,18,19,20). The highest BCUT2D eigenvalue weighted by molar-refractivity contribution is 5.78. The Morgan fingerprint density at radius 2 is 1.90 bits per heavy atom. The van der Waals surface area contributed by atoms with Gasteiger partial charge in [-0.15, -0.1) is 0 Å². The zero-order chi connectivity index (χ0) is 13.4. The summed E-state index contributed by atoms with van der Waals surface area (Å²) in [5, 5.41) is 4.43. The largest absolute Gasteiger partial charge is 0.354 e. The number of benzene rings is 2. The minimum absolute atomic E-state index is 0.585. The van der Waals surface area contributed by atoms with E-state index in [9.17, 15) is 0 Å². The van der Waals surface area contributed by atoms with Crippen molar-refractivity contribution in [3.05, 3.63) is 65.9 Å². The van der Waals surface area contributed by atoms with Crippen LogP contribution in [0, 0.1) is 0 Å². The Balaban J connectivity index is 1.49. The van der Waals surface area contributed by atoms with Gasteiger partial charge in [-0.25, -0.2) is 9.97 Å². The van der Waals surface area contributed by atoms with E-state index in [2.05, 4.69) is 39.6 Å². The number of nitrogens with one attached hydrogen (secondary N) is 1. The summed E-state index contributed by atoms with van der Waals surface area (Å²) in [6.45, 7) is 0.898. The molecule has 1 aliphatic carbocycles. The average molecular weight is 261 g/mol. The zero-order valence-corrected chi connectivity index (χ0v) is 11.1. The van der Waals surface area contributed by atoms with Gasteiger partial charge in [0.2, 0.25) is 5.95 Å². The number of hydrogen-bond donors (Lipinski definition) is 1. The molecule has 1 aliphatic rings. The molecule has 1 N–H and O–H groups in total. The van der Waals surface area contributed by atoms with Gasteiger partial charge in [-0.05, 0) is 23.6 Å². The van der Waals surface area contributed by atoms with Crippen LogP contribution in [0.25, 0.3) is 10.9 Å². The molecule has 0 spiro atoms. The lowest BCUT2D eigenvalue weighted by Crippen LogP contribution is -2.24. The van der Waals surface area contributed by atoms with Crippen LogP contribution in [0.4, 0.5) is 5.95 Å². The maximum Gasteiger partial charge on any atom is 0.223 e. The Hall–Kier alpha value is -2.42. The van der Waals surface area contributed by atoms with Crippen LogP contribution in [0.3, 0.4) is 0 Å². The van der Waals surface area contributed by atoms with E-state index in [1.807, 2.05) is 30.5 Å².